The van der Waals surface area contributed by atoms with Crippen LogP contribution in [0.4, 0.5) is 0 Å². The fourth-order valence-corrected chi connectivity index (χ4v) is 1.22. The molecule has 0 N–H and O–H groups in total. The maximum Gasteiger partial charge on any atom is 0.117 e. The van der Waals surface area contributed by atoms with Crippen molar-refractivity contribution in [2.45, 2.75) is 26.7 Å². The molecule has 1 nitrogen and oxygen atoms in total. The quantitative estimate of drug-likeness (QED) is 0.500. The fourth-order valence-electron chi connectivity index (χ4n) is 1.22. The van der Waals surface area contributed by atoms with E-state index in [1.165, 1.54) is 12.0 Å². The highest BCUT2D eigenvalue weighted by Gasteiger charge is 2.09. The Bertz CT molecular complexity index is 146. The van der Waals surface area contributed by atoms with E-state index in [1.807, 2.05) is 13.0 Å². The molecule has 1 heteroatoms. The van der Waals surface area contributed by atoms with Crippen molar-refractivity contribution < 1.29 is 4.74 Å². The lowest BCUT2D eigenvalue weighted by Gasteiger charge is -2.18. The number of allylic oxidation sites excluding steroid dienone is 3. The van der Waals surface area contributed by atoms with Crippen molar-refractivity contribution in [1.82, 2.24) is 0 Å². The molecule has 1 aliphatic heterocycles. The highest BCUT2D eigenvalue weighted by atomic mass is 16.5. The SMILES string of the molecule is C/C=C1/CCCO/C1=C/C. The second kappa shape index (κ2) is 3.45. The van der Waals surface area contributed by atoms with Gasteiger partial charge in [0.25, 0.3) is 0 Å². The first-order valence-electron chi connectivity index (χ1n) is 3.83. The molecule has 0 amide bonds. The van der Waals surface area contributed by atoms with E-state index in [1.54, 1.807) is 0 Å². The highest BCUT2D eigenvalue weighted by molar-refractivity contribution is 5.26. The summed E-state index contributed by atoms with van der Waals surface area (Å²) < 4.78 is 5.42. The summed E-state index contributed by atoms with van der Waals surface area (Å²) in [6.07, 6.45) is 6.51. The van der Waals surface area contributed by atoms with Crippen molar-refractivity contribution in [3.8, 4) is 0 Å². The summed E-state index contributed by atoms with van der Waals surface area (Å²) in [5.41, 5.74) is 1.36. The second-order valence-electron chi connectivity index (χ2n) is 2.42. The first-order chi connectivity index (χ1) is 4.88. The van der Waals surface area contributed by atoms with Crippen molar-refractivity contribution in [1.29, 1.82) is 0 Å². The van der Waals surface area contributed by atoms with E-state index < -0.39 is 0 Å². The van der Waals surface area contributed by atoms with E-state index in [2.05, 4.69) is 13.0 Å². The van der Waals surface area contributed by atoms with Crippen LogP contribution in [0.2, 0.25) is 0 Å². The molecule has 0 aromatic carbocycles. The van der Waals surface area contributed by atoms with Crippen molar-refractivity contribution >= 4 is 0 Å². The lowest BCUT2D eigenvalue weighted by Crippen LogP contribution is -2.05. The van der Waals surface area contributed by atoms with E-state index in [0.29, 0.717) is 0 Å². The van der Waals surface area contributed by atoms with E-state index in [4.69, 9.17) is 4.74 Å². The predicted octanol–water partition coefficient (Wildman–Crippen LogP) is 2.65. The van der Waals surface area contributed by atoms with Gasteiger partial charge in [-0.1, -0.05) is 6.08 Å². The summed E-state index contributed by atoms with van der Waals surface area (Å²) in [6.45, 7) is 4.97. The van der Waals surface area contributed by atoms with Gasteiger partial charge in [0.2, 0.25) is 0 Å². The van der Waals surface area contributed by atoms with Crippen LogP contribution in [0, 0.1) is 0 Å². The Hall–Kier alpha value is -0.720. The average Bonchev–Trinajstić information content (AvgIpc) is 2.04. The van der Waals surface area contributed by atoms with Gasteiger partial charge in [0.15, 0.2) is 0 Å². The number of hydrogen-bond donors (Lipinski definition) is 0. The van der Waals surface area contributed by atoms with Crippen LogP contribution in [0.3, 0.4) is 0 Å². The molecule has 0 unspecified atom stereocenters. The summed E-state index contributed by atoms with van der Waals surface area (Å²) in [6, 6.07) is 0. The molecule has 56 valence electrons. The predicted molar refractivity (Wildman–Crippen MR) is 42.7 cm³/mol. The summed E-state index contributed by atoms with van der Waals surface area (Å²) in [5.74, 6) is 1.08. The van der Waals surface area contributed by atoms with E-state index in [0.717, 1.165) is 18.8 Å². The van der Waals surface area contributed by atoms with Crippen molar-refractivity contribution in [2.75, 3.05) is 6.61 Å². The Kier molecular flexibility index (Phi) is 2.55. The highest BCUT2D eigenvalue weighted by Crippen LogP contribution is 2.22. The maximum atomic E-state index is 5.42. The van der Waals surface area contributed by atoms with Gasteiger partial charge >= 0.3 is 0 Å². The van der Waals surface area contributed by atoms with Crippen LogP contribution in [0.1, 0.15) is 26.7 Å². The maximum absolute atomic E-state index is 5.42. The zero-order valence-electron chi connectivity index (χ0n) is 6.68. The molecule has 0 radical (unpaired) electrons. The Balaban J connectivity index is 2.69. The van der Waals surface area contributed by atoms with Gasteiger partial charge < -0.3 is 4.74 Å². The molecule has 0 aliphatic carbocycles. The molecular formula is C9H14O. The van der Waals surface area contributed by atoms with Gasteiger partial charge in [-0.15, -0.1) is 0 Å². The van der Waals surface area contributed by atoms with Crippen LogP contribution in [0.15, 0.2) is 23.5 Å². The minimum Gasteiger partial charge on any atom is -0.494 e. The Labute approximate surface area is 62.4 Å². The summed E-state index contributed by atoms with van der Waals surface area (Å²) in [7, 11) is 0. The van der Waals surface area contributed by atoms with Crippen molar-refractivity contribution in [3.63, 3.8) is 0 Å². The largest absolute Gasteiger partial charge is 0.494 e. The first kappa shape index (κ1) is 7.39. The van der Waals surface area contributed by atoms with Gasteiger partial charge in [-0.05, 0) is 38.3 Å². The molecular weight excluding hydrogens is 124 g/mol. The third-order valence-corrected chi connectivity index (χ3v) is 1.78. The van der Waals surface area contributed by atoms with Gasteiger partial charge in [-0.25, -0.2) is 0 Å². The van der Waals surface area contributed by atoms with Gasteiger partial charge in [0, 0.05) is 0 Å². The lowest BCUT2D eigenvalue weighted by atomic mass is 10.1. The molecule has 0 spiro atoms. The number of ether oxygens (including phenoxy) is 1. The molecule has 0 bridgehead atoms. The minimum atomic E-state index is 0.886. The van der Waals surface area contributed by atoms with E-state index >= 15 is 0 Å². The molecule has 1 rings (SSSR count). The normalized spacial score (nSPS) is 27.0. The van der Waals surface area contributed by atoms with Crippen molar-refractivity contribution in [3.05, 3.63) is 23.5 Å². The molecule has 0 aromatic rings. The van der Waals surface area contributed by atoms with Crippen molar-refractivity contribution in [2.24, 2.45) is 0 Å². The minimum absolute atomic E-state index is 0.886. The Morgan fingerprint density at radius 2 is 2.10 bits per heavy atom. The van der Waals surface area contributed by atoms with Gasteiger partial charge in [-0.2, -0.15) is 0 Å². The summed E-state index contributed by atoms with van der Waals surface area (Å²) >= 11 is 0. The number of rotatable bonds is 0. The third kappa shape index (κ3) is 1.41. The topological polar surface area (TPSA) is 9.23 Å². The van der Waals surface area contributed by atoms with Gasteiger partial charge in [0.05, 0.1) is 6.61 Å². The molecule has 10 heavy (non-hydrogen) atoms. The van der Waals surface area contributed by atoms with Crippen LogP contribution in [0.5, 0.6) is 0 Å². The molecule has 0 aromatic heterocycles. The summed E-state index contributed by atoms with van der Waals surface area (Å²) in [5, 5.41) is 0. The molecule has 0 atom stereocenters. The second-order valence-corrected chi connectivity index (χ2v) is 2.42. The smallest absolute Gasteiger partial charge is 0.117 e. The molecule has 1 aliphatic rings. The molecule has 1 fully saturated rings. The zero-order chi connectivity index (χ0) is 7.40. The zero-order valence-corrected chi connectivity index (χ0v) is 6.68. The first-order valence-corrected chi connectivity index (χ1v) is 3.83. The molecule has 1 saturated heterocycles. The fraction of sp³-hybridized carbons (Fsp3) is 0.556. The average molecular weight is 138 g/mol. The van der Waals surface area contributed by atoms with Gasteiger partial charge in [0.1, 0.15) is 5.76 Å². The summed E-state index contributed by atoms with van der Waals surface area (Å²) in [4.78, 5) is 0. The van der Waals surface area contributed by atoms with Crippen LogP contribution in [-0.2, 0) is 4.74 Å². The Morgan fingerprint density at radius 3 is 2.60 bits per heavy atom. The lowest BCUT2D eigenvalue weighted by molar-refractivity contribution is 0.193. The molecule has 1 heterocycles. The van der Waals surface area contributed by atoms with Crippen LogP contribution in [0.25, 0.3) is 0 Å². The van der Waals surface area contributed by atoms with E-state index in [-0.39, 0.29) is 0 Å². The third-order valence-electron chi connectivity index (χ3n) is 1.78. The van der Waals surface area contributed by atoms with Crippen LogP contribution < -0.4 is 0 Å². The van der Waals surface area contributed by atoms with Crippen LogP contribution in [-0.4, -0.2) is 6.61 Å². The monoisotopic (exact) mass is 138 g/mol. The molecule has 0 saturated carbocycles. The Morgan fingerprint density at radius 1 is 1.30 bits per heavy atom. The van der Waals surface area contributed by atoms with Crippen LogP contribution >= 0.6 is 0 Å². The van der Waals surface area contributed by atoms with Gasteiger partial charge in [-0.3, -0.25) is 0 Å². The standard InChI is InChI=1S/C9H14O/c1-3-8-6-5-7-10-9(8)4-2/h3-4H,5-7H2,1-2H3/b8-3-,9-4+. The number of hydrogen-bond acceptors (Lipinski definition) is 1. The van der Waals surface area contributed by atoms with E-state index in [9.17, 15) is 0 Å².